The molecular weight excluding hydrogens is 448 g/mol. The van der Waals surface area contributed by atoms with E-state index in [1.807, 2.05) is 44.2 Å². The van der Waals surface area contributed by atoms with E-state index in [9.17, 15) is 4.79 Å². The third-order valence-corrected chi connectivity index (χ3v) is 6.03. The summed E-state index contributed by atoms with van der Waals surface area (Å²) in [4.78, 5) is 18.4. The topological polar surface area (TPSA) is 42.0 Å². The van der Waals surface area contributed by atoms with Crippen LogP contribution in [0.25, 0.3) is 22.2 Å². The van der Waals surface area contributed by atoms with Crippen molar-refractivity contribution >= 4 is 38.4 Å². The fourth-order valence-corrected chi connectivity index (χ4v) is 4.32. The van der Waals surface area contributed by atoms with Crippen LogP contribution in [0.4, 0.5) is 5.69 Å². The number of nitrogens with zero attached hydrogens (tertiary/aromatic N) is 1. The lowest BCUT2D eigenvalue weighted by atomic mass is 9.99. The number of amides is 1. The Morgan fingerprint density at radius 2 is 1.68 bits per heavy atom. The summed E-state index contributed by atoms with van der Waals surface area (Å²) >= 11 is 3.52. The standard InChI is InChI=1S/C27H25BrN2O/c1-5-19-14-21(28)10-11-24(19)30-27(31)23-15-25(20-8-6-16(2)7-9-20)29-26-18(4)12-17(3)13-22(23)26/h6-15H,5H2,1-4H3,(H,30,31). The van der Waals surface area contributed by atoms with E-state index in [-0.39, 0.29) is 5.91 Å². The molecule has 0 unspecified atom stereocenters. The van der Waals surface area contributed by atoms with E-state index >= 15 is 0 Å². The molecule has 0 aliphatic heterocycles. The first-order valence-corrected chi connectivity index (χ1v) is 11.2. The Balaban J connectivity index is 1.87. The van der Waals surface area contributed by atoms with Crippen molar-refractivity contribution in [3.63, 3.8) is 0 Å². The Bertz CT molecular complexity index is 1290. The van der Waals surface area contributed by atoms with E-state index in [1.165, 1.54) is 5.56 Å². The summed E-state index contributed by atoms with van der Waals surface area (Å²) in [7, 11) is 0. The maximum absolute atomic E-state index is 13.5. The molecule has 0 saturated heterocycles. The lowest BCUT2D eigenvalue weighted by Crippen LogP contribution is -2.14. The lowest BCUT2D eigenvalue weighted by molar-refractivity contribution is 0.102. The predicted molar refractivity (Wildman–Crippen MR) is 133 cm³/mol. The Hall–Kier alpha value is -2.98. The van der Waals surface area contributed by atoms with Crippen molar-refractivity contribution in [2.24, 2.45) is 0 Å². The van der Waals surface area contributed by atoms with Gasteiger partial charge in [-0.15, -0.1) is 0 Å². The molecule has 1 amide bonds. The van der Waals surface area contributed by atoms with E-state index in [1.54, 1.807) is 0 Å². The number of hydrogen-bond acceptors (Lipinski definition) is 2. The zero-order chi connectivity index (χ0) is 22.1. The molecule has 0 aliphatic carbocycles. The molecular formula is C27H25BrN2O. The van der Waals surface area contributed by atoms with Gasteiger partial charge in [-0.3, -0.25) is 4.79 Å². The molecule has 0 spiro atoms. The third kappa shape index (κ3) is 4.40. The first-order chi connectivity index (χ1) is 14.9. The van der Waals surface area contributed by atoms with Gasteiger partial charge in [-0.1, -0.05) is 64.3 Å². The second-order valence-corrected chi connectivity index (χ2v) is 8.92. The number of benzene rings is 3. The highest BCUT2D eigenvalue weighted by Crippen LogP contribution is 2.29. The smallest absolute Gasteiger partial charge is 0.256 e. The van der Waals surface area contributed by atoms with Crippen molar-refractivity contribution in [1.82, 2.24) is 4.98 Å². The van der Waals surface area contributed by atoms with Gasteiger partial charge in [0.15, 0.2) is 0 Å². The van der Waals surface area contributed by atoms with Crippen molar-refractivity contribution in [3.8, 4) is 11.3 Å². The van der Waals surface area contributed by atoms with Crippen LogP contribution in [0.15, 0.2) is 65.1 Å². The molecule has 1 aromatic heterocycles. The molecule has 4 heteroatoms. The fourth-order valence-electron chi connectivity index (χ4n) is 3.91. The summed E-state index contributed by atoms with van der Waals surface area (Å²) < 4.78 is 1.00. The second kappa shape index (κ2) is 8.64. The fraction of sp³-hybridized carbons (Fsp3) is 0.185. The highest BCUT2D eigenvalue weighted by Gasteiger charge is 2.17. The van der Waals surface area contributed by atoms with Crippen LogP contribution in [0.1, 0.15) is 39.5 Å². The van der Waals surface area contributed by atoms with Crippen LogP contribution in [-0.2, 0) is 6.42 Å². The van der Waals surface area contributed by atoms with E-state index in [0.29, 0.717) is 5.56 Å². The van der Waals surface area contributed by atoms with Crippen molar-refractivity contribution in [2.75, 3.05) is 5.32 Å². The van der Waals surface area contributed by atoms with Crippen LogP contribution < -0.4 is 5.32 Å². The summed E-state index contributed by atoms with van der Waals surface area (Å²) in [6.45, 7) is 8.24. The van der Waals surface area contributed by atoms with Crippen molar-refractivity contribution in [1.29, 1.82) is 0 Å². The molecule has 0 saturated carbocycles. The normalized spacial score (nSPS) is 11.0. The van der Waals surface area contributed by atoms with Gasteiger partial charge in [-0.25, -0.2) is 4.98 Å². The van der Waals surface area contributed by atoms with Crippen molar-refractivity contribution in [2.45, 2.75) is 34.1 Å². The number of anilines is 1. The number of hydrogen-bond donors (Lipinski definition) is 1. The van der Waals surface area contributed by atoms with Crippen LogP contribution in [-0.4, -0.2) is 10.9 Å². The number of nitrogens with one attached hydrogen (secondary N) is 1. The van der Waals surface area contributed by atoms with Gasteiger partial charge < -0.3 is 5.32 Å². The SMILES string of the molecule is CCc1cc(Br)ccc1NC(=O)c1cc(-c2ccc(C)cc2)nc2c(C)cc(C)cc12. The van der Waals surface area contributed by atoms with E-state index in [2.05, 4.69) is 65.4 Å². The lowest BCUT2D eigenvalue weighted by Gasteiger charge is -2.15. The number of aryl methyl sites for hydroxylation is 4. The molecule has 0 bridgehead atoms. The molecule has 31 heavy (non-hydrogen) atoms. The number of fused-ring (bicyclic) bond motifs is 1. The number of aromatic nitrogens is 1. The molecule has 1 heterocycles. The van der Waals surface area contributed by atoms with Gasteiger partial charge in [0.05, 0.1) is 16.8 Å². The highest BCUT2D eigenvalue weighted by atomic mass is 79.9. The monoisotopic (exact) mass is 472 g/mol. The van der Waals surface area contributed by atoms with Gasteiger partial charge >= 0.3 is 0 Å². The largest absolute Gasteiger partial charge is 0.322 e. The van der Waals surface area contributed by atoms with Crippen molar-refractivity contribution < 1.29 is 4.79 Å². The van der Waals surface area contributed by atoms with Gasteiger partial charge in [0, 0.05) is 21.1 Å². The molecule has 1 N–H and O–H groups in total. The van der Waals surface area contributed by atoms with Gasteiger partial charge in [0.25, 0.3) is 5.91 Å². The highest BCUT2D eigenvalue weighted by molar-refractivity contribution is 9.10. The maximum Gasteiger partial charge on any atom is 0.256 e. The molecule has 3 nitrogen and oxygen atoms in total. The third-order valence-electron chi connectivity index (χ3n) is 5.54. The molecule has 0 atom stereocenters. The quantitative estimate of drug-likeness (QED) is 0.336. The van der Waals surface area contributed by atoms with E-state index in [0.717, 1.165) is 55.4 Å². The minimum absolute atomic E-state index is 0.122. The van der Waals surface area contributed by atoms with Crippen LogP contribution in [0, 0.1) is 20.8 Å². The van der Waals surface area contributed by atoms with Crippen molar-refractivity contribution in [3.05, 3.63) is 93.0 Å². The molecule has 3 aromatic carbocycles. The summed E-state index contributed by atoms with van der Waals surface area (Å²) in [6.07, 6.45) is 0.832. The van der Waals surface area contributed by atoms with Gasteiger partial charge in [0.1, 0.15) is 0 Å². The molecule has 0 aliphatic rings. The molecule has 0 radical (unpaired) electrons. The zero-order valence-electron chi connectivity index (χ0n) is 18.2. The number of carbonyl (C=O) groups is 1. The predicted octanol–water partition coefficient (Wildman–Crippen LogP) is 7.40. The second-order valence-electron chi connectivity index (χ2n) is 8.01. The molecule has 0 fully saturated rings. The molecule has 4 rings (SSSR count). The van der Waals surface area contributed by atoms with E-state index < -0.39 is 0 Å². The number of carbonyl (C=O) groups excluding carboxylic acids is 1. The van der Waals surface area contributed by atoms with Gasteiger partial charge in [-0.05, 0) is 68.7 Å². The average Bonchev–Trinajstić information content (AvgIpc) is 2.75. The summed E-state index contributed by atoms with van der Waals surface area (Å²) in [5.74, 6) is -0.122. The Kier molecular flexibility index (Phi) is 5.92. The van der Waals surface area contributed by atoms with Crippen LogP contribution in [0.2, 0.25) is 0 Å². The summed E-state index contributed by atoms with van der Waals surface area (Å²) in [5.41, 5.74) is 8.59. The van der Waals surface area contributed by atoms with Crippen LogP contribution >= 0.6 is 15.9 Å². The minimum atomic E-state index is -0.122. The zero-order valence-corrected chi connectivity index (χ0v) is 19.8. The van der Waals surface area contributed by atoms with E-state index in [4.69, 9.17) is 4.98 Å². The van der Waals surface area contributed by atoms with Gasteiger partial charge in [0.2, 0.25) is 0 Å². The average molecular weight is 473 g/mol. The number of pyridine rings is 1. The Morgan fingerprint density at radius 1 is 0.935 bits per heavy atom. The van der Waals surface area contributed by atoms with Crippen LogP contribution in [0.5, 0.6) is 0 Å². The first-order valence-electron chi connectivity index (χ1n) is 10.4. The number of halogens is 1. The first kappa shape index (κ1) is 21.3. The molecule has 4 aromatic rings. The maximum atomic E-state index is 13.5. The Morgan fingerprint density at radius 3 is 2.39 bits per heavy atom. The van der Waals surface area contributed by atoms with Gasteiger partial charge in [-0.2, -0.15) is 0 Å². The molecule has 156 valence electrons. The summed E-state index contributed by atoms with van der Waals surface area (Å²) in [5, 5.41) is 4.01. The van der Waals surface area contributed by atoms with Crippen LogP contribution in [0.3, 0.4) is 0 Å². The number of rotatable bonds is 4. The Labute approximate surface area is 191 Å². The minimum Gasteiger partial charge on any atom is -0.322 e. The summed E-state index contributed by atoms with van der Waals surface area (Å²) in [6, 6.07) is 20.3.